The molecule has 0 unspecified atom stereocenters. The molecule has 0 saturated heterocycles. The molecular weight excluding hydrogens is 254 g/mol. The van der Waals surface area contributed by atoms with E-state index in [-0.39, 0.29) is 0 Å². The van der Waals surface area contributed by atoms with Gasteiger partial charge in [-0.2, -0.15) is 15.0 Å². The molecule has 0 aromatic carbocycles. The lowest BCUT2D eigenvalue weighted by molar-refractivity contribution is 0.311. The van der Waals surface area contributed by atoms with Gasteiger partial charge in [-0.3, -0.25) is 0 Å². The highest BCUT2D eigenvalue weighted by molar-refractivity contribution is 5.39. The van der Waals surface area contributed by atoms with Crippen LogP contribution in [0.3, 0.4) is 0 Å². The fourth-order valence-corrected chi connectivity index (χ4v) is 2.74. The average molecular weight is 279 g/mol. The molecule has 0 spiro atoms. The SMILES string of the molecule is CCOc1nc(NC)nc(N(CC)C2CCCCC2)n1. The first-order valence-corrected chi connectivity index (χ1v) is 7.61. The van der Waals surface area contributed by atoms with E-state index >= 15 is 0 Å². The molecule has 1 aliphatic rings. The topological polar surface area (TPSA) is 63.2 Å². The number of rotatable bonds is 6. The summed E-state index contributed by atoms with van der Waals surface area (Å²) in [7, 11) is 1.81. The van der Waals surface area contributed by atoms with Gasteiger partial charge < -0.3 is 15.0 Å². The van der Waals surface area contributed by atoms with Crippen molar-refractivity contribution < 1.29 is 4.74 Å². The van der Waals surface area contributed by atoms with Crippen molar-refractivity contribution in [3.8, 4) is 6.01 Å². The van der Waals surface area contributed by atoms with E-state index in [1.165, 1.54) is 32.1 Å². The third-order valence-corrected chi connectivity index (χ3v) is 3.71. The van der Waals surface area contributed by atoms with Crippen LogP contribution in [-0.2, 0) is 0 Å². The van der Waals surface area contributed by atoms with Gasteiger partial charge in [0, 0.05) is 19.6 Å². The molecule has 1 fully saturated rings. The van der Waals surface area contributed by atoms with Crippen LogP contribution in [0, 0.1) is 0 Å². The maximum atomic E-state index is 5.44. The van der Waals surface area contributed by atoms with Crippen LogP contribution in [0.15, 0.2) is 0 Å². The highest BCUT2D eigenvalue weighted by Crippen LogP contribution is 2.26. The third kappa shape index (κ3) is 3.49. The maximum absolute atomic E-state index is 5.44. The largest absolute Gasteiger partial charge is 0.464 e. The molecule has 112 valence electrons. The normalized spacial score (nSPS) is 15.9. The second-order valence-corrected chi connectivity index (χ2v) is 5.00. The molecule has 1 aromatic heterocycles. The van der Waals surface area contributed by atoms with Crippen LogP contribution < -0.4 is 15.0 Å². The van der Waals surface area contributed by atoms with Crippen molar-refractivity contribution >= 4 is 11.9 Å². The summed E-state index contributed by atoms with van der Waals surface area (Å²) >= 11 is 0. The summed E-state index contributed by atoms with van der Waals surface area (Å²) in [5.74, 6) is 1.29. The zero-order valence-corrected chi connectivity index (χ0v) is 12.7. The Hall–Kier alpha value is -1.59. The number of nitrogens with one attached hydrogen (secondary N) is 1. The Kier molecular flexibility index (Phi) is 5.38. The molecule has 6 heteroatoms. The lowest BCUT2D eigenvalue weighted by atomic mass is 9.94. The summed E-state index contributed by atoms with van der Waals surface area (Å²) in [5.41, 5.74) is 0. The molecular formula is C14H25N5O. The summed E-state index contributed by atoms with van der Waals surface area (Å²) in [5, 5.41) is 2.98. The molecule has 0 aliphatic heterocycles. The zero-order chi connectivity index (χ0) is 14.4. The first-order chi connectivity index (χ1) is 9.78. The van der Waals surface area contributed by atoms with Gasteiger partial charge in [-0.25, -0.2) is 0 Å². The Morgan fingerprint density at radius 2 is 1.90 bits per heavy atom. The number of hydrogen-bond donors (Lipinski definition) is 1. The van der Waals surface area contributed by atoms with E-state index in [2.05, 4.69) is 32.1 Å². The molecule has 1 N–H and O–H groups in total. The lowest BCUT2D eigenvalue weighted by Gasteiger charge is -2.33. The summed E-state index contributed by atoms with van der Waals surface area (Å²) < 4.78 is 5.44. The fourth-order valence-electron chi connectivity index (χ4n) is 2.74. The van der Waals surface area contributed by atoms with Crippen LogP contribution in [0.5, 0.6) is 6.01 Å². The molecule has 1 saturated carbocycles. The Bertz CT molecular complexity index is 420. The van der Waals surface area contributed by atoms with E-state index in [1.807, 2.05) is 14.0 Å². The van der Waals surface area contributed by atoms with Gasteiger partial charge in [0.25, 0.3) is 0 Å². The third-order valence-electron chi connectivity index (χ3n) is 3.71. The number of anilines is 2. The predicted molar refractivity (Wildman–Crippen MR) is 80.4 cm³/mol. The van der Waals surface area contributed by atoms with E-state index in [0.717, 1.165) is 12.5 Å². The van der Waals surface area contributed by atoms with Gasteiger partial charge in [0.1, 0.15) is 0 Å². The number of aromatic nitrogens is 3. The number of nitrogens with zero attached hydrogens (tertiary/aromatic N) is 4. The van der Waals surface area contributed by atoms with Gasteiger partial charge in [0.15, 0.2) is 0 Å². The summed E-state index contributed by atoms with van der Waals surface area (Å²) in [6, 6.07) is 0.937. The predicted octanol–water partition coefficient (Wildman–Crippen LogP) is 2.47. The minimum absolute atomic E-state index is 0.399. The molecule has 20 heavy (non-hydrogen) atoms. The Labute approximate surface area is 121 Å². The van der Waals surface area contributed by atoms with Gasteiger partial charge in [-0.1, -0.05) is 19.3 Å². The molecule has 1 aliphatic carbocycles. The van der Waals surface area contributed by atoms with Crippen molar-refractivity contribution in [2.75, 3.05) is 30.4 Å². The van der Waals surface area contributed by atoms with Gasteiger partial charge in [0.05, 0.1) is 6.61 Å². The van der Waals surface area contributed by atoms with Crippen LogP contribution in [0.1, 0.15) is 46.0 Å². The quantitative estimate of drug-likeness (QED) is 0.863. The molecule has 0 radical (unpaired) electrons. The fraction of sp³-hybridized carbons (Fsp3) is 0.786. The lowest BCUT2D eigenvalue weighted by Crippen LogP contribution is -2.38. The summed E-state index contributed by atoms with van der Waals surface area (Å²) in [6.45, 7) is 5.55. The van der Waals surface area contributed by atoms with Crippen LogP contribution in [0.25, 0.3) is 0 Å². The Balaban J connectivity index is 2.24. The molecule has 1 heterocycles. The smallest absolute Gasteiger partial charge is 0.323 e. The van der Waals surface area contributed by atoms with Crippen molar-refractivity contribution in [3.63, 3.8) is 0 Å². The monoisotopic (exact) mass is 279 g/mol. The van der Waals surface area contributed by atoms with E-state index in [1.54, 1.807) is 0 Å². The van der Waals surface area contributed by atoms with Crippen molar-refractivity contribution in [2.24, 2.45) is 0 Å². The molecule has 0 atom stereocenters. The first-order valence-electron chi connectivity index (χ1n) is 7.61. The molecule has 2 rings (SSSR count). The van der Waals surface area contributed by atoms with E-state index in [0.29, 0.717) is 24.6 Å². The number of hydrogen-bond acceptors (Lipinski definition) is 6. The highest BCUT2D eigenvalue weighted by atomic mass is 16.5. The van der Waals surface area contributed by atoms with Gasteiger partial charge in [-0.05, 0) is 26.7 Å². The van der Waals surface area contributed by atoms with Crippen molar-refractivity contribution in [1.29, 1.82) is 0 Å². The van der Waals surface area contributed by atoms with Gasteiger partial charge in [0.2, 0.25) is 11.9 Å². The minimum Gasteiger partial charge on any atom is -0.464 e. The standard InChI is InChI=1S/C14H25N5O/c1-4-19(11-9-7-6-8-10-11)13-16-12(15-3)17-14(18-13)20-5-2/h11H,4-10H2,1-3H3,(H,15,16,17,18). The molecule has 1 aromatic rings. The molecule has 6 nitrogen and oxygen atoms in total. The van der Waals surface area contributed by atoms with Crippen molar-refractivity contribution in [1.82, 2.24) is 15.0 Å². The Morgan fingerprint density at radius 1 is 1.15 bits per heavy atom. The second-order valence-electron chi connectivity index (χ2n) is 5.00. The van der Waals surface area contributed by atoms with Gasteiger partial charge in [-0.15, -0.1) is 0 Å². The maximum Gasteiger partial charge on any atom is 0.323 e. The summed E-state index contributed by atoms with van der Waals surface area (Å²) in [6.07, 6.45) is 6.38. The van der Waals surface area contributed by atoms with Crippen LogP contribution >= 0.6 is 0 Å². The van der Waals surface area contributed by atoms with E-state index in [4.69, 9.17) is 4.74 Å². The van der Waals surface area contributed by atoms with Crippen LogP contribution in [0.4, 0.5) is 11.9 Å². The van der Waals surface area contributed by atoms with Crippen LogP contribution in [-0.4, -0.2) is 41.2 Å². The first kappa shape index (κ1) is 14.8. The molecule has 0 amide bonds. The highest BCUT2D eigenvalue weighted by Gasteiger charge is 2.23. The van der Waals surface area contributed by atoms with Crippen LogP contribution in [0.2, 0.25) is 0 Å². The summed E-state index contributed by atoms with van der Waals surface area (Å²) in [4.78, 5) is 15.5. The van der Waals surface area contributed by atoms with E-state index in [9.17, 15) is 0 Å². The second kappa shape index (κ2) is 7.26. The zero-order valence-electron chi connectivity index (χ0n) is 12.7. The minimum atomic E-state index is 0.399. The van der Waals surface area contributed by atoms with Crippen molar-refractivity contribution in [3.05, 3.63) is 0 Å². The average Bonchev–Trinajstić information content (AvgIpc) is 2.49. The van der Waals surface area contributed by atoms with E-state index < -0.39 is 0 Å². The van der Waals surface area contributed by atoms with Crippen molar-refractivity contribution in [2.45, 2.75) is 52.0 Å². The van der Waals surface area contributed by atoms with Gasteiger partial charge >= 0.3 is 6.01 Å². The Morgan fingerprint density at radius 3 is 2.50 bits per heavy atom. The number of ether oxygens (including phenoxy) is 1. The molecule has 0 bridgehead atoms.